The summed E-state index contributed by atoms with van der Waals surface area (Å²) in [6.45, 7) is 10.2. The topological polar surface area (TPSA) is 37.4 Å². The van der Waals surface area contributed by atoms with Crippen molar-refractivity contribution >= 4 is 5.82 Å². The highest BCUT2D eigenvalue weighted by Gasteiger charge is 2.20. The molecule has 1 aromatic heterocycles. The van der Waals surface area contributed by atoms with Crippen molar-refractivity contribution in [1.29, 1.82) is 0 Å². The molecule has 0 atom stereocenters. The van der Waals surface area contributed by atoms with Gasteiger partial charge in [0, 0.05) is 38.5 Å². The second-order valence-corrected chi connectivity index (χ2v) is 6.40. The molecule has 0 aliphatic heterocycles. The monoisotopic (exact) mass is 291 g/mol. The van der Waals surface area contributed by atoms with E-state index in [1.54, 1.807) is 7.11 Å². The van der Waals surface area contributed by atoms with E-state index in [0.717, 1.165) is 43.8 Å². The number of pyridine rings is 1. The zero-order valence-electron chi connectivity index (χ0n) is 13.9. The van der Waals surface area contributed by atoms with Crippen LogP contribution in [0.25, 0.3) is 0 Å². The van der Waals surface area contributed by atoms with E-state index in [4.69, 9.17) is 9.72 Å². The zero-order valence-corrected chi connectivity index (χ0v) is 13.9. The molecule has 2 rings (SSSR count). The van der Waals surface area contributed by atoms with Crippen molar-refractivity contribution < 1.29 is 4.74 Å². The highest BCUT2D eigenvalue weighted by molar-refractivity contribution is 5.41. The van der Waals surface area contributed by atoms with Crippen molar-refractivity contribution in [2.75, 3.05) is 31.7 Å². The molecule has 21 heavy (non-hydrogen) atoms. The number of aromatic nitrogens is 1. The molecular formula is C17H29N3O. The average Bonchev–Trinajstić information content (AvgIpc) is 3.26. The third kappa shape index (κ3) is 5.29. The molecule has 1 heterocycles. The normalized spacial score (nSPS) is 14.7. The van der Waals surface area contributed by atoms with Crippen LogP contribution in [0, 0.1) is 12.8 Å². The molecule has 1 aromatic rings. The van der Waals surface area contributed by atoms with Crippen LogP contribution in [0.1, 0.15) is 37.9 Å². The van der Waals surface area contributed by atoms with Crippen LogP contribution in [0.3, 0.4) is 0 Å². The number of nitrogens with one attached hydrogen (secondary N) is 1. The van der Waals surface area contributed by atoms with Gasteiger partial charge in [-0.3, -0.25) is 0 Å². The van der Waals surface area contributed by atoms with Crippen LogP contribution in [0.5, 0.6) is 0 Å². The molecule has 0 amide bonds. The lowest BCUT2D eigenvalue weighted by Crippen LogP contribution is -2.32. The molecule has 1 fully saturated rings. The Bertz CT molecular complexity index is 444. The van der Waals surface area contributed by atoms with Gasteiger partial charge in [-0.25, -0.2) is 4.98 Å². The standard InChI is InChI=1S/C17H29N3O/c1-13(2)12-20(9-10-21-4)17-8-5-15(14(3)19-17)11-18-16-6-7-16/h5,8,13,16,18H,6-7,9-12H2,1-4H3. The quantitative estimate of drug-likeness (QED) is 0.759. The fourth-order valence-electron chi connectivity index (χ4n) is 2.42. The minimum absolute atomic E-state index is 0.611. The van der Waals surface area contributed by atoms with E-state index in [0.29, 0.717) is 5.92 Å². The summed E-state index contributed by atoms with van der Waals surface area (Å²) < 4.78 is 5.22. The SMILES string of the molecule is COCCN(CC(C)C)c1ccc(CNC2CC2)c(C)n1. The molecule has 0 radical (unpaired) electrons. The highest BCUT2D eigenvalue weighted by Crippen LogP contribution is 2.21. The van der Waals surface area contributed by atoms with Crippen LogP contribution in [0.4, 0.5) is 5.82 Å². The Labute approximate surface area is 128 Å². The minimum Gasteiger partial charge on any atom is -0.383 e. The summed E-state index contributed by atoms with van der Waals surface area (Å²) in [5.74, 6) is 1.67. The van der Waals surface area contributed by atoms with E-state index >= 15 is 0 Å². The van der Waals surface area contributed by atoms with E-state index in [1.807, 2.05) is 0 Å². The molecule has 1 aliphatic carbocycles. The van der Waals surface area contributed by atoms with Gasteiger partial charge < -0.3 is 15.0 Å². The molecule has 118 valence electrons. The lowest BCUT2D eigenvalue weighted by molar-refractivity contribution is 0.204. The van der Waals surface area contributed by atoms with E-state index in [2.05, 4.69) is 43.1 Å². The maximum absolute atomic E-state index is 5.22. The Hall–Kier alpha value is -1.13. The van der Waals surface area contributed by atoms with Gasteiger partial charge in [-0.05, 0) is 37.3 Å². The number of anilines is 1. The van der Waals surface area contributed by atoms with Gasteiger partial charge in [0.05, 0.1) is 6.61 Å². The molecule has 0 bridgehead atoms. The molecule has 0 aromatic carbocycles. The predicted octanol–water partition coefficient (Wildman–Crippen LogP) is 2.75. The van der Waals surface area contributed by atoms with Crippen molar-refractivity contribution in [3.63, 3.8) is 0 Å². The first-order valence-electron chi connectivity index (χ1n) is 8.04. The number of ether oxygens (including phenoxy) is 1. The van der Waals surface area contributed by atoms with E-state index in [1.165, 1.54) is 18.4 Å². The Balaban J connectivity index is 2.02. The molecule has 4 heteroatoms. The van der Waals surface area contributed by atoms with Gasteiger partial charge >= 0.3 is 0 Å². The second-order valence-electron chi connectivity index (χ2n) is 6.40. The van der Waals surface area contributed by atoms with Crippen LogP contribution in [-0.2, 0) is 11.3 Å². The Morgan fingerprint density at radius 1 is 1.38 bits per heavy atom. The van der Waals surface area contributed by atoms with Gasteiger partial charge in [-0.1, -0.05) is 19.9 Å². The number of rotatable bonds is 9. The summed E-state index contributed by atoms with van der Waals surface area (Å²) in [7, 11) is 1.75. The number of nitrogens with zero attached hydrogens (tertiary/aromatic N) is 2. The summed E-state index contributed by atoms with van der Waals surface area (Å²) in [4.78, 5) is 7.13. The Morgan fingerprint density at radius 2 is 2.14 bits per heavy atom. The summed E-state index contributed by atoms with van der Waals surface area (Å²) >= 11 is 0. The van der Waals surface area contributed by atoms with Crippen LogP contribution >= 0.6 is 0 Å². The molecule has 1 aliphatic rings. The third-order valence-electron chi connectivity index (χ3n) is 3.81. The molecule has 1 saturated carbocycles. The summed E-state index contributed by atoms with van der Waals surface area (Å²) in [5.41, 5.74) is 2.44. The second kappa shape index (κ2) is 7.76. The molecule has 4 nitrogen and oxygen atoms in total. The minimum atomic E-state index is 0.611. The first kappa shape index (κ1) is 16.2. The van der Waals surface area contributed by atoms with Gasteiger partial charge in [-0.2, -0.15) is 0 Å². The number of hydrogen-bond donors (Lipinski definition) is 1. The van der Waals surface area contributed by atoms with Crippen molar-refractivity contribution in [3.05, 3.63) is 23.4 Å². The van der Waals surface area contributed by atoms with Crippen LogP contribution < -0.4 is 10.2 Å². The summed E-state index contributed by atoms with van der Waals surface area (Å²) in [5, 5.41) is 3.56. The van der Waals surface area contributed by atoms with Crippen LogP contribution in [-0.4, -0.2) is 37.8 Å². The number of aryl methyl sites for hydroxylation is 1. The first-order chi connectivity index (χ1) is 10.1. The van der Waals surface area contributed by atoms with E-state index < -0.39 is 0 Å². The zero-order chi connectivity index (χ0) is 15.2. The van der Waals surface area contributed by atoms with Crippen molar-refractivity contribution in [3.8, 4) is 0 Å². The van der Waals surface area contributed by atoms with Crippen molar-refractivity contribution in [2.24, 2.45) is 5.92 Å². The average molecular weight is 291 g/mol. The maximum Gasteiger partial charge on any atom is 0.128 e. The highest BCUT2D eigenvalue weighted by atomic mass is 16.5. The largest absolute Gasteiger partial charge is 0.383 e. The number of hydrogen-bond acceptors (Lipinski definition) is 4. The molecule has 0 unspecified atom stereocenters. The van der Waals surface area contributed by atoms with E-state index in [9.17, 15) is 0 Å². The third-order valence-corrected chi connectivity index (χ3v) is 3.81. The number of methoxy groups -OCH3 is 1. The summed E-state index contributed by atoms with van der Waals surface area (Å²) in [6, 6.07) is 5.10. The van der Waals surface area contributed by atoms with Gasteiger partial charge in [0.15, 0.2) is 0 Å². The van der Waals surface area contributed by atoms with Crippen molar-refractivity contribution in [2.45, 2.75) is 46.2 Å². The molecule has 0 spiro atoms. The van der Waals surface area contributed by atoms with Crippen molar-refractivity contribution in [1.82, 2.24) is 10.3 Å². The van der Waals surface area contributed by atoms with Gasteiger partial charge in [0.25, 0.3) is 0 Å². The van der Waals surface area contributed by atoms with E-state index in [-0.39, 0.29) is 0 Å². The van der Waals surface area contributed by atoms with Crippen LogP contribution in [0.2, 0.25) is 0 Å². The maximum atomic E-state index is 5.22. The first-order valence-corrected chi connectivity index (χ1v) is 8.04. The molecule has 1 N–H and O–H groups in total. The van der Waals surface area contributed by atoms with Gasteiger partial charge in [0.2, 0.25) is 0 Å². The van der Waals surface area contributed by atoms with Gasteiger partial charge in [-0.15, -0.1) is 0 Å². The smallest absolute Gasteiger partial charge is 0.128 e. The predicted molar refractivity (Wildman–Crippen MR) is 87.8 cm³/mol. The lowest BCUT2D eigenvalue weighted by atomic mass is 10.1. The Morgan fingerprint density at radius 3 is 2.71 bits per heavy atom. The molecular weight excluding hydrogens is 262 g/mol. The fraction of sp³-hybridized carbons (Fsp3) is 0.706. The summed E-state index contributed by atoms with van der Waals surface area (Å²) in [6.07, 6.45) is 2.65. The molecule has 0 saturated heterocycles. The van der Waals surface area contributed by atoms with Gasteiger partial charge in [0.1, 0.15) is 5.82 Å². The fourth-order valence-corrected chi connectivity index (χ4v) is 2.42. The Kier molecular flexibility index (Phi) is 6.00. The lowest BCUT2D eigenvalue weighted by Gasteiger charge is -2.26. The van der Waals surface area contributed by atoms with Crippen LogP contribution in [0.15, 0.2) is 12.1 Å².